The van der Waals surface area contributed by atoms with Crippen LogP contribution < -0.4 is 4.74 Å². The number of aryl methyl sites for hydroxylation is 4. The zero-order valence-electron chi connectivity index (χ0n) is 24.6. The van der Waals surface area contributed by atoms with Gasteiger partial charge in [-0.3, -0.25) is 9.13 Å². The maximum atomic E-state index is 6.59. The number of hydrogen-bond donors (Lipinski definition) is 0. The molecule has 0 unspecified atom stereocenters. The molecule has 8 aromatic rings. The molecule has 0 saturated carbocycles. The fourth-order valence-corrected chi connectivity index (χ4v) is 6.12. The van der Waals surface area contributed by atoms with E-state index in [0.717, 1.165) is 45.2 Å². The largest absolute Gasteiger partial charge is 0.457 e. The molecular formula is C38H30N4O. The van der Waals surface area contributed by atoms with Crippen molar-refractivity contribution in [2.75, 3.05) is 0 Å². The van der Waals surface area contributed by atoms with Gasteiger partial charge in [0.25, 0.3) is 0 Å². The van der Waals surface area contributed by atoms with Gasteiger partial charge in [0.1, 0.15) is 23.1 Å². The number of para-hydroxylation sites is 2. The minimum Gasteiger partial charge on any atom is -0.457 e. The third-order valence-electron chi connectivity index (χ3n) is 8.70. The van der Waals surface area contributed by atoms with Crippen LogP contribution in [0, 0.1) is 27.7 Å². The molecular weight excluding hydrogens is 528 g/mol. The van der Waals surface area contributed by atoms with Crippen molar-refractivity contribution in [3.05, 3.63) is 132 Å². The Bertz CT molecular complexity index is 2210. The Morgan fingerprint density at radius 3 is 1.30 bits per heavy atom. The minimum absolute atomic E-state index is 0.770. The van der Waals surface area contributed by atoms with Gasteiger partial charge in [0.05, 0.1) is 22.1 Å². The van der Waals surface area contributed by atoms with E-state index in [1.54, 1.807) is 0 Å². The number of rotatable bonds is 4. The van der Waals surface area contributed by atoms with Gasteiger partial charge in [-0.05, 0) is 98.5 Å². The molecule has 0 aliphatic rings. The maximum absolute atomic E-state index is 6.59. The molecule has 0 amide bonds. The molecule has 0 aliphatic carbocycles. The first-order chi connectivity index (χ1) is 21.0. The fraction of sp³-hybridized carbons (Fsp3) is 0.105. The van der Waals surface area contributed by atoms with Crippen LogP contribution in [0.3, 0.4) is 0 Å². The Kier molecular flexibility index (Phi) is 5.63. The Morgan fingerprint density at radius 2 is 0.860 bits per heavy atom. The molecule has 208 valence electrons. The van der Waals surface area contributed by atoms with Crippen LogP contribution in [0.2, 0.25) is 0 Å². The Labute approximate surface area is 249 Å². The van der Waals surface area contributed by atoms with Crippen LogP contribution in [0.5, 0.6) is 11.5 Å². The van der Waals surface area contributed by atoms with Crippen molar-refractivity contribution >= 4 is 43.6 Å². The predicted octanol–water partition coefficient (Wildman–Crippen LogP) is 9.70. The van der Waals surface area contributed by atoms with Crippen molar-refractivity contribution in [2.24, 2.45) is 0 Å². The van der Waals surface area contributed by atoms with E-state index in [1.807, 2.05) is 12.4 Å². The van der Waals surface area contributed by atoms with E-state index in [0.29, 0.717) is 0 Å². The number of nitrogens with zero attached hydrogens (tertiary/aromatic N) is 4. The lowest BCUT2D eigenvalue weighted by Gasteiger charge is -2.11. The van der Waals surface area contributed by atoms with Crippen LogP contribution in [-0.4, -0.2) is 19.1 Å². The van der Waals surface area contributed by atoms with E-state index in [2.05, 4.69) is 134 Å². The summed E-state index contributed by atoms with van der Waals surface area (Å²) in [5.41, 5.74) is 9.15. The van der Waals surface area contributed by atoms with Crippen LogP contribution in [0.25, 0.3) is 55.2 Å². The second-order valence-corrected chi connectivity index (χ2v) is 11.4. The Balaban J connectivity index is 1.28. The maximum Gasteiger partial charge on any atom is 0.137 e. The SMILES string of the molecule is Cc1cnc(-n2c3ccccc3c3ccc(Oc4ccc5c6ccccc6n(-c6cc(C)c(C)cn6)c5c4)cc32)cc1C. The first kappa shape index (κ1) is 25.3. The lowest BCUT2D eigenvalue weighted by molar-refractivity contribution is 0.484. The number of ether oxygens (including phenoxy) is 1. The third-order valence-corrected chi connectivity index (χ3v) is 8.70. The summed E-state index contributed by atoms with van der Waals surface area (Å²) in [6.45, 7) is 8.45. The van der Waals surface area contributed by atoms with Gasteiger partial charge in [-0.15, -0.1) is 0 Å². The van der Waals surface area contributed by atoms with E-state index in [1.165, 1.54) is 43.8 Å². The first-order valence-electron chi connectivity index (χ1n) is 14.6. The van der Waals surface area contributed by atoms with Crippen LogP contribution in [0.4, 0.5) is 0 Å². The average molecular weight is 559 g/mol. The van der Waals surface area contributed by atoms with Crippen molar-refractivity contribution in [3.63, 3.8) is 0 Å². The van der Waals surface area contributed by atoms with Crippen LogP contribution >= 0.6 is 0 Å². The van der Waals surface area contributed by atoms with Crippen LogP contribution in [-0.2, 0) is 0 Å². The molecule has 0 bridgehead atoms. The predicted molar refractivity (Wildman–Crippen MR) is 176 cm³/mol. The summed E-state index contributed by atoms with van der Waals surface area (Å²) in [5, 5.41) is 4.71. The Hall–Kier alpha value is -5.42. The van der Waals surface area contributed by atoms with Gasteiger partial charge in [-0.1, -0.05) is 36.4 Å². The molecule has 4 aromatic carbocycles. The highest BCUT2D eigenvalue weighted by molar-refractivity contribution is 6.10. The van der Waals surface area contributed by atoms with Gasteiger partial charge < -0.3 is 4.74 Å². The summed E-state index contributed by atoms with van der Waals surface area (Å²) in [5.74, 6) is 3.34. The van der Waals surface area contributed by atoms with Gasteiger partial charge in [-0.2, -0.15) is 0 Å². The highest BCUT2D eigenvalue weighted by Gasteiger charge is 2.17. The minimum atomic E-state index is 0.770. The molecule has 5 nitrogen and oxygen atoms in total. The quantitative estimate of drug-likeness (QED) is 0.216. The first-order valence-corrected chi connectivity index (χ1v) is 14.6. The van der Waals surface area contributed by atoms with Crippen molar-refractivity contribution in [2.45, 2.75) is 27.7 Å². The number of aromatic nitrogens is 4. The third kappa shape index (κ3) is 4.00. The molecule has 0 aliphatic heterocycles. The van der Waals surface area contributed by atoms with E-state index < -0.39 is 0 Å². The van der Waals surface area contributed by atoms with Gasteiger partial charge in [0.2, 0.25) is 0 Å². The van der Waals surface area contributed by atoms with Crippen molar-refractivity contribution < 1.29 is 4.74 Å². The smallest absolute Gasteiger partial charge is 0.137 e. The number of hydrogen-bond acceptors (Lipinski definition) is 3. The summed E-state index contributed by atoms with van der Waals surface area (Å²) >= 11 is 0. The molecule has 4 heterocycles. The van der Waals surface area contributed by atoms with Crippen molar-refractivity contribution in [3.8, 4) is 23.1 Å². The average Bonchev–Trinajstić information content (AvgIpc) is 3.52. The summed E-state index contributed by atoms with van der Waals surface area (Å²) in [7, 11) is 0. The molecule has 0 spiro atoms. The second kappa shape index (κ2) is 9.57. The summed E-state index contributed by atoms with van der Waals surface area (Å²) in [4.78, 5) is 9.63. The van der Waals surface area contributed by atoms with Crippen molar-refractivity contribution in [1.82, 2.24) is 19.1 Å². The number of pyridine rings is 2. The molecule has 8 rings (SSSR count). The van der Waals surface area contributed by atoms with E-state index >= 15 is 0 Å². The monoisotopic (exact) mass is 558 g/mol. The normalized spacial score (nSPS) is 11.7. The number of fused-ring (bicyclic) bond motifs is 6. The van der Waals surface area contributed by atoms with E-state index in [4.69, 9.17) is 14.7 Å². The Morgan fingerprint density at radius 1 is 0.442 bits per heavy atom. The molecule has 5 heteroatoms. The topological polar surface area (TPSA) is 44.9 Å². The highest BCUT2D eigenvalue weighted by atomic mass is 16.5. The molecule has 0 saturated heterocycles. The standard InChI is InChI=1S/C38H30N4O/c1-23-17-37(39-21-25(23)3)41-33-11-7-5-9-29(33)31-15-13-27(19-35(31)41)43-28-14-16-32-30-10-6-8-12-34(30)42(36(32)20-28)38-18-24(2)26(4)22-40-38/h5-22H,1-4H3. The zero-order chi connectivity index (χ0) is 29.2. The summed E-state index contributed by atoms with van der Waals surface area (Å²) in [6.07, 6.45) is 3.90. The van der Waals surface area contributed by atoms with Gasteiger partial charge in [0.15, 0.2) is 0 Å². The van der Waals surface area contributed by atoms with Gasteiger partial charge in [-0.25, -0.2) is 9.97 Å². The lowest BCUT2D eigenvalue weighted by Crippen LogP contribution is -1.99. The van der Waals surface area contributed by atoms with E-state index in [-0.39, 0.29) is 0 Å². The van der Waals surface area contributed by atoms with Gasteiger partial charge >= 0.3 is 0 Å². The number of benzene rings is 4. The van der Waals surface area contributed by atoms with Crippen LogP contribution in [0.1, 0.15) is 22.3 Å². The molecule has 0 radical (unpaired) electrons. The highest BCUT2D eigenvalue weighted by Crippen LogP contribution is 2.37. The second-order valence-electron chi connectivity index (χ2n) is 11.4. The summed E-state index contributed by atoms with van der Waals surface area (Å²) in [6, 6.07) is 33.9. The van der Waals surface area contributed by atoms with Gasteiger partial charge in [0, 0.05) is 46.1 Å². The molecule has 0 fully saturated rings. The summed E-state index contributed by atoms with van der Waals surface area (Å²) < 4.78 is 11.1. The molecule has 0 N–H and O–H groups in total. The van der Waals surface area contributed by atoms with Crippen LogP contribution in [0.15, 0.2) is 109 Å². The fourth-order valence-electron chi connectivity index (χ4n) is 6.12. The zero-order valence-corrected chi connectivity index (χ0v) is 24.6. The van der Waals surface area contributed by atoms with E-state index in [9.17, 15) is 0 Å². The molecule has 0 atom stereocenters. The van der Waals surface area contributed by atoms with Crippen molar-refractivity contribution in [1.29, 1.82) is 0 Å². The molecule has 4 aromatic heterocycles. The lowest BCUT2D eigenvalue weighted by atomic mass is 10.1. The molecule has 43 heavy (non-hydrogen) atoms.